The van der Waals surface area contributed by atoms with Gasteiger partial charge >= 0.3 is 0 Å². The van der Waals surface area contributed by atoms with Crippen LogP contribution in [0.1, 0.15) is 11.1 Å². The van der Waals surface area contributed by atoms with E-state index in [-0.39, 0.29) is 6.71 Å². The molecule has 0 saturated carbocycles. The van der Waals surface area contributed by atoms with Crippen molar-refractivity contribution in [2.45, 2.75) is 33.4 Å². The Bertz CT molecular complexity index is 5350. The van der Waals surface area contributed by atoms with Crippen LogP contribution in [0.15, 0.2) is 347 Å². The van der Waals surface area contributed by atoms with Gasteiger partial charge in [0, 0.05) is 19.6 Å². The molecule has 0 spiro atoms. The van der Waals surface area contributed by atoms with Crippen LogP contribution in [0.5, 0.6) is 0 Å². The maximum atomic E-state index is 7.81. The first-order valence-electron chi connectivity index (χ1n) is 31.8. The summed E-state index contributed by atoms with van der Waals surface area (Å²) in [5.41, 5.74) is 7.03. The molecule has 0 aliphatic carbocycles. The minimum Gasteiger partial charge on any atom is -0.0909 e. The molecule has 6 heteroatoms. The summed E-state index contributed by atoms with van der Waals surface area (Å²) in [6.45, 7) is 4.63. The van der Waals surface area contributed by atoms with E-state index in [1.165, 1.54) is 143 Å². The maximum absolute atomic E-state index is 7.81. The topological polar surface area (TPSA) is 0 Å². The monoisotopic (exact) mass is 1260 g/mol. The Labute approximate surface area is 553 Å². The fourth-order valence-electron chi connectivity index (χ4n) is 16.0. The normalized spacial score (nSPS) is 13.0. The molecule has 0 atom stereocenters. The van der Waals surface area contributed by atoms with Crippen LogP contribution in [0.4, 0.5) is 0 Å². The third kappa shape index (κ3) is 8.81. The number of rotatable bonds is 8. The molecule has 92 heavy (non-hydrogen) atoms. The van der Waals surface area contributed by atoms with Crippen molar-refractivity contribution in [3.63, 3.8) is 0 Å². The first kappa shape index (κ1) is 56.5. The van der Waals surface area contributed by atoms with E-state index in [0.29, 0.717) is 0 Å². The molecule has 0 bridgehead atoms. The highest BCUT2D eigenvalue weighted by molar-refractivity contribution is 8.00. The fraction of sp³-hybridized carbons (Fsp3) is 0.0233. The highest BCUT2D eigenvalue weighted by Crippen LogP contribution is 2.38. The first-order valence-corrected chi connectivity index (χ1v) is 37.8. The lowest BCUT2D eigenvalue weighted by atomic mass is 9.36. The van der Waals surface area contributed by atoms with Gasteiger partial charge < -0.3 is 0 Å². The van der Waals surface area contributed by atoms with E-state index in [9.17, 15) is 0 Å². The Morgan fingerprint density at radius 1 is 0.326 bits per heavy atom. The van der Waals surface area contributed by atoms with Gasteiger partial charge in [-0.25, -0.2) is 0 Å². The van der Waals surface area contributed by atoms with E-state index in [2.05, 4.69) is 341 Å². The van der Waals surface area contributed by atoms with Gasteiger partial charge in [0.15, 0.2) is 16.1 Å². The quantitative estimate of drug-likeness (QED) is 0.110. The highest BCUT2D eigenvalue weighted by atomic mass is 35.5. The molecule has 0 unspecified atom stereocenters. The van der Waals surface area contributed by atoms with Crippen LogP contribution < -0.4 is 57.9 Å². The van der Waals surface area contributed by atoms with Gasteiger partial charge in [0.25, 0.3) is 0 Å². The van der Waals surface area contributed by atoms with Gasteiger partial charge in [-0.2, -0.15) is 0 Å². The van der Waals surface area contributed by atoms with Crippen molar-refractivity contribution in [1.29, 1.82) is 0 Å². The third-order valence-corrected chi connectivity index (χ3v) is 33.1. The SMILES string of the molecule is Cc1cccc2c1Sc1cccc3c1B2c1ccc2ccccc2c1[Si]3(c1cccc2ccccc12)c1cccc2ccccc12.Cc1ccccc1Sc1cccc([Si](c2cccc3ccccc23)(c2cccc3ccccc23)c2cccc3ccccc23)c1Cl. The smallest absolute Gasteiger partial charge is 0.0909 e. The number of halogens is 1. The lowest BCUT2D eigenvalue weighted by Crippen LogP contribution is -2.87. The van der Waals surface area contributed by atoms with Crippen molar-refractivity contribution in [2.24, 2.45) is 0 Å². The lowest BCUT2D eigenvalue weighted by molar-refractivity contribution is 1.29. The van der Waals surface area contributed by atoms with Gasteiger partial charge in [0.05, 0.1) is 5.02 Å². The molecule has 434 valence electrons. The molecule has 0 aromatic heterocycles. The van der Waals surface area contributed by atoms with Crippen molar-refractivity contribution in [3.8, 4) is 0 Å². The summed E-state index contributed by atoms with van der Waals surface area (Å²) in [5, 5.41) is 27.6. The second kappa shape index (κ2) is 23.0. The summed E-state index contributed by atoms with van der Waals surface area (Å²) in [4.78, 5) is 5.11. The summed E-state index contributed by atoms with van der Waals surface area (Å²) in [6.07, 6.45) is 0. The molecule has 0 fully saturated rings. The van der Waals surface area contributed by atoms with Crippen LogP contribution in [0.25, 0.3) is 64.6 Å². The second-order valence-corrected chi connectivity index (χ2v) is 34.4. The fourth-order valence-corrected chi connectivity index (χ4v) is 30.5. The van der Waals surface area contributed by atoms with Crippen molar-refractivity contribution < 1.29 is 0 Å². The molecular formula is C86H60BClS2Si2. The zero-order valence-corrected chi connectivity index (χ0v) is 55.3. The van der Waals surface area contributed by atoms with Gasteiger partial charge in [0.2, 0.25) is 6.71 Å². The lowest BCUT2D eigenvalue weighted by Gasteiger charge is -2.46. The number of hydrogen-bond acceptors (Lipinski definition) is 2. The van der Waals surface area contributed by atoms with Crippen LogP contribution in [0.2, 0.25) is 5.02 Å². The van der Waals surface area contributed by atoms with Crippen LogP contribution in [-0.2, 0) is 0 Å². The molecule has 2 aliphatic heterocycles. The number of fused-ring (bicyclic) bond motifs is 11. The largest absolute Gasteiger partial charge is 0.243 e. The summed E-state index contributed by atoms with van der Waals surface area (Å²) < 4.78 is 0. The van der Waals surface area contributed by atoms with Crippen molar-refractivity contribution >= 4 is 181 Å². The van der Waals surface area contributed by atoms with Crippen molar-refractivity contribution in [2.75, 3.05) is 0 Å². The maximum Gasteiger partial charge on any atom is 0.243 e. The predicted molar refractivity (Wildman–Crippen MR) is 405 cm³/mol. The van der Waals surface area contributed by atoms with Gasteiger partial charge in [0.1, 0.15) is 0 Å². The zero-order valence-electron chi connectivity index (χ0n) is 50.9. The van der Waals surface area contributed by atoms with Crippen LogP contribution in [0, 0.1) is 13.8 Å². The van der Waals surface area contributed by atoms with E-state index in [1.807, 2.05) is 11.8 Å². The number of benzene rings is 16. The van der Waals surface area contributed by atoms with Crippen LogP contribution >= 0.6 is 35.1 Å². The Morgan fingerprint density at radius 3 is 1.27 bits per heavy atom. The molecule has 0 radical (unpaired) electrons. The third-order valence-electron chi connectivity index (χ3n) is 19.8. The van der Waals surface area contributed by atoms with Gasteiger partial charge in [-0.15, -0.1) is 0 Å². The Morgan fingerprint density at radius 2 is 0.717 bits per heavy atom. The molecule has 2 heterocycles. The molecular weight excluding hydrogens is 1200 g/mol. The summed E-state index contributed by atoms with van der Waals surface area (Å²) in [7, 11) is -6.12. The molecule has 18 rings (SSSR count). The molecule has 0 amide bonds. The van der Waals surface area contributed by atoms with Crippen LogP contribution in [-0.4, -0.2) is 22.9 Å². The second-order valence-electron chi connectivity index (χ2n) is 24.6. The van der Waals surface area contributed by atoms with E-state index >= 15 is 0 Å². The van der Waals surface area contributed by atoms with E-state index in [4.69, 9.17) is 11.6 Å². The molecule has 2 aliphatic rings. The summed E-state index contributed by atoms with van der Waals surface area (Å²) in [6, 6.07) is 123. The highest BCUT2D eigenvalue weighted by Gasteiger charge is 2.54. The average Bonchev–Trinajstić information content (AvgIpc) is 0.675. The molecule has 0 saturated heterocycles. The Balaban J connectivity index is 0.000000141. The molecule has 0 N–H and O–H groups in total. The number of hydrogen-bond donors (Lipinski definition) is 0. The minimum absolute atomic E-state index is 0.188. The van der Waals surface area contributed by atoms with E-state index < -0.39 is 16.1 Å². The number of aryl methyl sites for hydroxylation is 2. The standard InChI is InChI=1S/C43H29BSSi.C43H31ClSSi/c1-28-12-8-21-35-42(28)45-37-22-11-25-40-41(37)44(35)36-27-26-31-15-4-7-20-34(31)43(36)46(40,38-23-9-16-29-13-2-5-18-32(29)38)39-24-10-17-30-14-3-6-19-33(30)39;1-30-14-2-9-24-37(30)45-38-25-13-29-42(43(38)44)46(39-26-10-18-31-15-3-6-21-34(31)39,40-27-11-19-32-16-4-7-22-35(32)40)41-28-12-20-33-17-5-8-23-36(33)41/h2-27H,1H3;2-29H,1H3. The zero-order chi connectivity index (χ0) is 61.5. The predicted octanol–water partition coefficient (Wildman–Crippen LogP) is 15.8. The van der Waals surface area contributed by atoms with Crippen molar-refractivity contribution in [1.82, 2.24) is 0 Å². The average molecular weight is 1260 g/mol. The van der Waals surface area contributed by atoms with E-state index in [0.717, 1.165) is 9.92 Å². The van der Waals surface area contributed by atoms with Crippen molar-refractivity contribution in [3.05, 3.63) is 344 Å². The summed E-state index contributed by atoms with van der Waals surface area (Å²) in [5.74, 6) is 0. The van der Waals surface area contributed by atoms with Gasteiger partial charge in [-0.3, -0.25) is 0 Å². The van der Waals surface area contributed by atoms with Gasteiger partial charge in [-0.1, -0.05) is 361 Å². The first-order chi connectivity index (χ1) is 45.4. The van der Waals surface area contributed by atoms with Crippen LogP contribution in [0.3, 0.4) is 0 Å². The Kier molecular flexibility index (Phi) is 14.2. The summed E-state index contributed by atoms with van der Waals surface area (Å²) >= 11 is 11.5. The van der Waals surface area contributed by atoms with E-state index in [1.54, 1.807) is 16.9 Å². The minimum atomic E-state index is -3.15. The molecule has 0 nitrogen and oxygen atoms in total. The Hall–Kier alpha value is -9.43. The molecule has 16 aromatic carbocycles. The van der Waals surface area contributed by atoms with Gasteiger partial charge in [-0.05, 0) is 149 Å². The molecule has 16 aromatic rings.